The Balaban J connectivity index is 1.39. The van der Waals surface area contributed by atoms with Gasteiger partial charge in [0.2, 0.25) is 11.8 Å². The number of halogens is 3. The van der Waals surface area contributed by atoms with E-state index in [1.807, 2.05) is 0 Å². The lowest BCUT2D eigenvalue weighted by Crippen LogP contribution is -2.56. The van der Waals surface area contributed by atoms with Gasteiger partial charge in [-0.05, 0) is 18.4 Å². The number of hydrogen-bond donors (Lipinski definition) is 0. The number of hydrogen-bond acceptors (Lipinski definition) is 3. The molecular formula is C17H21F3N2O2. The summed E-state index contributed by atoms with van der Waals surface area (Å²) in [6.07, 6.45) is 2.74. The van der Waals surface area contributed by atoms with Gasteiger partial charge in [0.25, 0.3) is 0 Å². The zero-order chi connectivity index (χ0) is 17.2. The fraction of sp³-hybridized carbons (Fsp3) is 0.647. The Hall–Kier alpha value is -1.79. The molecule has 2 aliphatic rings. The molecular weight excluding hydrogens is 321 g/mol. The number of nitrogens with zero attached hydrogens (tertiary/aromatic N) is 2. The van der Waals surface area contributed by atoms with Gasteiger partial charge in [-0.2, -0.15) is 13.2 Å². The molecule has 0 bridgehead atoms. The van der Waals surface area contributed by atoms with Gasteiger partial charge in [-0.25, -0.2) is 4.98 Å². The van der Waals surface area contributed by atoms with E-state index < -0.39 is 11.7 Å². The van der Waals surface area contributed by atoms with Gasteiger partial charge in [-0.1, -0.05) is 25.7 Å². The van der Waals surface area contributed by atoms with Crippen LogP contribution < -0.4 is 4.74 Å². The molecule has 4 nitrogen and oxygen atoms in total. The quantitative estimate of drug-likeness (QED) is 0.820. The monoisotopic (exact) mass is 342 g/mol. The number of likely N-dealkylation sites (tertiary alicyclic amines) is 1. The number of carbonyl (C=O) groups is 1. The fourth-order valence-corrected chi connectivity index (χ4v) is 3.29. The molecule has 1 aromatic rings. The van der Waals surface area contributed by atoms with Crippen molar-refractivity contribution in [1.29, 1.82) is 0 Å². The number of ether oxygens (including phenoxy) is 1. The highest BCUT2D eigenvalue weighted by molar-refractivity contribution is 5.77. The molecule has 24 heavy (non-hydrogen) atoms. The number of rotatable bonds is 5. The largest absolute Gasteiger partial charge is 0.471 e. The van der Waals surface area contributed by atoms with Crippen molar-refractivity contribution in [2.75, 3.05) is 13.1 Å². The predicted molar refractivity (Wildman–Crippen MR) is 81.4 cm³/mol. The van der Waals surface area contributed by atoms with Crippen molar-refractivity contribution in [3.63, 3.8) is 0 Å². The summed E-state index contributed by atoms with van der Waals surface area (Å²) in [6, 6.07) is 2.17. The minimum Gasteiger partial charge on any atom is -0.471 e. The Morgan fingerprint density at radius 1 is 1.25 bits per heavy atom. The molecule has 1 aliphatic heterocycles. The topological polar surface area (TPSA) is 42.4 Å². The summed E-state index contributed by atoms with van der Waals surface area (Å²) in [5.41, 5.74) is -0.799. The smallest absolute Gasteiger partial charge is 0.417 e. The molecule has 0 unspecified atom stereocenters. The maximum absolute atomic E-state index is 12.5. The van der Waals surface area contributed by atoms with Crippen LogP contribution in [0.5, 0.6) is 5.88 Å². The minimum atomic E-state index is -4.40. The fourth-order valence-electron chi connectivity index (χ4n) is 3.29. The van der Waals surface area contributed by atoms with Crippen LogP contribution in [0.15, 0.2) is 18.3 Å². The lowest BCUT2D eigenvalue weighted by atomic mass is 10.0. The van der Waals surface area contributed by atoms with E-state index in [1.54, 1.807) is 4.90 Å². The van der Waals surface area contributed by atoms with Gasteiger partial charge in [0, 0.05) is 18.7 Å². The average molecular weight is 342 g/mol. The molecule has 0 N–H and O–H groups in total. The SMILES string of the molecule is O=C(CCC1CCCC1)N1CC(Oc2ccc(C(F)(F)F)cn2)C1. The summed E-state index contributed by atoms with van der Waals surface area (Å²) in [4.78, 5) is 17.5. The number of carbonyl (C=O) groups excluding carboxylic acids is 1. The highest BCUT2D eigenvalue weighted by atomic mass is 19.4. The molecule has 3 rings (SSSR count). The normalized spacial score (nSPS) is 19.4. The molecule has 0 atom stereocenters. The summed E-state index contributed by atoms with van der Waals surface area (Å²) in [5, 5.41) is 0. The summed E-state index contributed by atoms with van der Waals surface area (Å²) >= 11 is 0. The second kappa shape index (κ2) is 6.99. The van der Waals surface area contributed by atoms with E-state index in [4.69, 9.17) is 4.74 Å². The van der Waals surface area contributed by atoms with E-state index in [1.165, 1.54) is 31.7 Å². The lowest BCUT2D eigenvalue weighted by Gasteiger charge is -2.38. The van der Waals surface area contributed by atoms with Gasteiger partial charge >= 0.3 is 6.18 Å². The van der Waals surface area contributed by atoms with E-state index in [0.717, 1.165) is 18.7 Å². The lowest BCUT2D eigenvalue weighted by molar-refractivity contribution is -0.141. The summed E-state index contributed by atoms with van der Waals surface area (Å²) in [6.45, 7) is 0.957. The first kappa shape index (κ1) is 17.0. The second-order valence-electron chi connectivity index (χ2n) is 6.61. The first-order chi connectivity index (χ1) is 11.4. The van der Waals surface area contributed by atoms with E-state index in [0.29, 0.717) is 25.4 Å². The van der Waals surface area contributed by atoms with Crippen molar-refractivity contribution in [2.45, 2.75) is 50.8 Å². The Kier molecular flexibility index (Phi) is 4.96. The summed E-state index contributed by atoms with van der Waals surface area (Å²) in [5.74, 6) is 0.992. The van der Waals surface area contributed by atoms with Crippen LogP contribution in [-0.2, 0) is 11.0 Å². The van der Waals surface area contributed by atoms with E-state index in [2.05, 4.69) is 4.98 Å². The Labute approximate surface area is 139 Å². The first-order valence-corrected chi connectivity index (χ1v) is 8.39. The van der Waals surface area contributed by atoms with Crippen LogP contribution in [0.25, 0.3) is 0 Å². The summed E-state index contributed by atoms with van der Waals surface area (Å²) < 4.78 is 42.9. The van der Waals surface area contributed by atoms with E-state index in [9.17, 15) is 18.0 Å². The molecule has 1 saturated heterocycles. The van der Waals surface area contributed by atoms with Gasteiger partial charge in [-0.15, -0.1) is 0 Å². The van der Waals surface area contributed by atoms with Crippen LogP contribution >= 0.6 is 0 Å². The van der Waals surface area contributed by atoms with Crippen LogP contribution in [-0.4, -0.2) is 35.0 Å². The van der Waals surface area contributed by atoms with Crippen molar-refractivity contribution < 1.29 is 22.7 Å². The zero-order valence-electron chi connectivity index (χ0n) is 13.4. The van der Waals surface area contributed by atoms with Gasteiger partial charge in [0.05, 0.1) is 18.7 Å². The molecule has 132 valence electrons. The molecule has 0 spiro atoms. The predicted octanol–water partition coefficient (Wildman–Crippen LogP) is 3.66. The van der Waals surface area contributed by atoms with Crippen molar-refractivity contribution in [3.05, 3.63) is 23.9 Å². The van der Waals surface area contributed by atoms with Crippen molar-refractivity contribution in [2.24, 2.45) is 5.92 Å². The number of pyridine rings is 1. The van der Waals surface area contributed by atoms with E-state index >= 15 is 0 Å². The van der Waals surface area contributed by atoms with Gasteiger partial charge in [0.1, 0.15) is 6.10 Å². The first-order valence-electron chi connectivity index (χ1n) is 8.39. The second-order valence-corrected chi connectivity index (χ2v) is 6.61. The maximum atomic E-state index is 12.5. The molecule has 2 heterocycles. The van der Waals surface area contributed by atoms with Crippen LogP contribution in [0.4, 0.5) is 13.2 Å². The Morgan fingerprint density at radius 2 is 1.96 bits per heavy atom. The zero-order valence-corrected chi connectivity index (χ0v) is 13.4. The minimum absolute atomic E-state index is 0.141. The maximum Gasteiger partial charge on any atom is 0.417 e. The Bertz CT molecular complexity index is 562. The molecule has 1 amide bonds. The molecule has 0 aromatic carbocycles. The highest BCUT2D eigenvalue weighted by Gasteiger charge is 2.33. The van der Waals surface area contributed by atoms with Gasteiger partial charge in [-0.3, -0.25) is 4.79 Å². The van der Waals surface area contributed by atoms with Crippen molar-refractivity contribution >= 4 is 5.91 Å². The summed E-state index contributed by atoms with van der Waals surface area (Å²) in [7, 11) is 0. The van der Waals surface area contributed by atoms with Crippen LogP contribution in [0.2, 0.25) is 0 Å². The van der Waals surface area contributed by atoms with Crippen LogP contribution in [0, 0.1) is 5.92 Å². The molecule has 2 fully saturated rings. The van der Waals surface area contributed by atoms with E-state index in [-0.39, 0.29) is 17.9 Å². The highest BCUT2D eigenvalue weighted by Crippen LogP contribution is 2.30. The van der Waals surface area contributed by atoms with Crippen molar-refractivity contribution in [1.82, 2.24) is 9.88 Å². The van der Waals surface area contributed by atoms with Crippen LogP contribution in [0.1, 0.15) is 44.1 Å². The third-order valence-electron chi connectivity index (χ3n) is 4.79. The molecule has 1 aromatic heterocycles. The molecule has 0 radical (unpaired) electrons. The number of alkyl halides is 3. The molecule has 7 heteroatoms. The number of aromatic nitrogens is 1. The third-order valence-corrected chi connectivity index (χ3v) is 4.79. The number of amides is 1. The van der Waals surface area contributed by atoms with Gasteiger partial charge < -0.3 is 9.64 Å². The molecule has 1 saturated carbocycles. The molecule has 1 aliphatic carbocycles. The van der Waals surface area contributed by atoms with Gasteiger partial charge in [0.15, 0.2) is 0 Å². The third kappa shape index (κ3) is 4.19. The van der Waals surface area contributed by atoms with Crippen molar-refractivity contribution in [3.8, 4) is 5.88 Å². The average Bonchev–Trinajstić information content (AvgIpc) is 3.01. The van der Waals surface area contributed by atoms with Crippen LogP contribution in [0.3, 0.4) is 0 Å². The standard InChI is InChI=1S/C17H21F3N2O2/c18-17(19,20)13-6-7-15(21-9-13)24-14-10-22(11-14)16(23)8-5-12-3-1-2-4-12/h6-7,9,12,14H,1-5,8,10-11H2. The Morgan fingerprint density at radius 3 is 2.54 bits per heavy atom.